The number of rotatable bonds is 6. The van der Waals surface area contributed by atoms with E-state index >= 15 is 0 Å². The lowest BCUT2D eigenvalue weighted by Crippen LogP contribution is -2.46. The van der Waals surface area contributed by atoms with Crippen molar-refractivity contribution >= 4 is 17.3 Å². The predicted molar refractivity (Wildman–Crippen MR) is 90.8 cm³/mol. The maximum absolute atomic E-state index is 4.37. The Kier molecular flexibility index (Phi) is 5.62. The van der Waals surface area contributed by atoms with Crippen LogP contribution in [0.1, 0.15) is 49.4 Å². The van der Waals surface area contributed by atoms with Gasteiger partial charge in [0, 0.05) is 24.7 Å². The third-order valence-electron chi connectivity index (χ3n) is 4.19. The number of nitrogens with zero attached hydrogens (tertiary/aromatic N) is 2. The van der Waals surface area contributed by atoms with Gasteiger partial charge in [-0.2, -0.15) is 0 Å². The molecule has 0 bridgehead atoms. The maximum atomic E-state index is 4.37. The molecule has 1 heterocycles. The minimum Gasteiger partial charge on any atom is -0.356 e. The van der Waals surface area contributed by atoms with Crippen LogP contribution in [0, 0.1) is 18.3 Å². The monoisotopic (exact) mass is 308 g/mol. The number of hydrogen-bond acceptors (Lipinski definition) is 3. The molecule has 0 unspecified atom stereocenters. The molecule has 1 aliphatic carbocycles. The SMILES string of the molecule is CN=C(NCc1ncc(C)s1)NCC1(CC(C)C)CCC1. The molecule has 5 heteroatoms. The molecular formula is C16H28N4S. The Labute approximate surface area is 132 Å². The molecule has 0 aromatic carbocycles. The van der Waals surface area contributed by atoms with Crippen molar-refractivity contribution in [1.82, 2.24) is 15.6 Å². The van der Waals surface area contributed by atoms with E-state index in [1.54, 1.807) is 11.3 Å². The molecule has 0 atom stereocenters. The fraction of sp³-hybridized carbons (Fsp3) is 0.750. The Hall–Kier alpha value is -1.10. The fourth-order valence-corrected chi connectivity index (χ4v) is 3.86. The van der Waals surface area contributed by atoms with Crippen LogP contribution >= 0.6 is 11.3 Å². The van der Waals surface area contributed by atoms with Gasteiger partial charge in [0.2, 0.25) is 0 Å². The first-order valence-corrected chi connectivity index (χ1v) is 8.70. The van der Waals surface area contributed by atoms with Gasteiger partial charge in [-0.3, -0.25) is 4.99 Å². The van der Waals surface area contributed by atoms with Crippen LogP contribution in [0.2, 0.25) is 0 Å². The van der Waals surface area contributed by atoms with Crippen molar-refractivity contribution in [2.75, 3.05) is 13.6 Å². The highest BCUT2D eigenvalue weighted by atomic mass is 32.1. The van der Waals surface area contributed by atoms with Gasteiger partial charge in [0.1, 0.15) is 5.01 Å². The van der Waals surface area contributed by atoms with E-state index in [0.717, 1.165) is 30.0 Å². The van der Waals surface area contributed by atoms with Gasteiger partial charge in [-0.15, -0.1) is 11.3 Å². The molecule has 2 rings (SSSR count). The van der Waals surface area contributed by atoms with Gasteiger partial charge in [0.05, 0.1) is 6.54 Å². The van der Waals surface area contributed by atoms with Crippen LogP contribution in [-0.4, -0.2) is 24.5 Å². The molecule has 21 heavy (non-hydrogen) atoms. The van der Waals surface area contributed by atoms with Crippen LogP contribution in [0.4, 0.5) is 0 Å². The molecule has 1 aromatic heterocycles. The summed E-state index contributed by atoms with van der Waals surface area (Å²) in [6.07, 6.45) is 7.30. The molecule has 0 spiro atoms. The van der Waals surface area contributed by atoms with E-state index in [4.69, 9.17) is 0 Å². The quantitative estimate of drug-likeness (QED) is 0.626. The van der Waals surface area contributed by atoms with Gasteiger partial charge in [0.25, 0.3) is 0 Å². The Bertz CT molecular complexity index is 474. The molecule has 0 amide bonds. The highest BCUT2D eigenvalue weighted by Gasteiger charge is 2.37. The first-order valence-electron chi connectivity index (χ1n) is 7.89. The average molecular weight is 308 g/mol. The highest BCUT2D eigenvalue weighted by molar-refractivity contribution is 7.11. The van der Waals surface area contributed by atoms with E-state index in [1.807, 2.05) is 13.2 Å². The van der Waals surface area contributed by atoms with Crippen LogP contribution in [0.15, 0.2) is 11.2 Å². The van der Waals surface area contributed by atoms with E-state index in [-0.39, 0.29) is 0 Å². The first-order chi connectivity index (χ1) is 10.0. The van der Waals surface area contributed by atoms with Crippen molar-refractivity contribution in [2.45, 2.75) is 53.0 Å². The molecule has 118 valence electrons. The second kappa shape index (κ2) is 7.25. The number of thiazole rings is 1. The zero-order chi connectivity index (χ0) is 15.3. The van der Waals surface area contributed by atoms with Gasteiger partial charge in [0.15, 0.2) is 5.96 Å². The van der Waals surface area contributed by atoms with Crippen molar-refractivity contribution in [1.29, 1.82) is 0 Å². The summed E-state index contributed by atoms with van der Waals surface area (Å²) in [5.74, 6) is 1.65. The number of aromatic nitrogens is 1. The van der Waals surface area contributed by atoms with Crippen molar-refractivity contribution in [3.63, 3.8) is 0 Å². The van der Waals surface area contributed by atoms with Crippen molar-refractivity contribution in [3.05, 3.63) is 16.1 Å². The van der Waals surface area contributed by atoms with Gasteiger partial charge in [-0.1, -0.05) is 20.3 Å². The fourth-order valence-electron chi connectivity index (χ4n) is 3.13. The lowest BCUT2D eigenvalue weighted by atomic mass is 9.64. The largest absolute Gasteiger partial charge is 0.356 e. The average Bonchev–Trinajstić information content (AvgIpc) is 2.81. The molecule has 0 saturated heterocycles. The molecule has 1 fully saturated rings. The second-order valence-corrected chi connectivity index (χ2v) is 7.91. The number of hydrogen-bond donors (Lipinski definition) is 2. The smallest absolute Gasteiger partial charge is 0.191 e. The van der Waals surface area contributed by atoms with Gasteiger partial charge in [-0.25, -0.2) is 4.98 Å². The molecule has 0 aliphatic heterocycles. The van der Waals surface area contributed by atoms with Gasteiger partial charge >= 0.3 is 0 Å². The third kappa shape index (κ3) is 4.70. The summed E-state index contributed by atoms with van der Waals surface area (Å²) in [4.78, 5) is 9.94. The molecule has 1 aliphatic rings. The molecule has 1 saturated carbocycles. The van der Waals surface area contributed by atoms with Gasteiger partial charge in [-0.05, 0) is 37.5 Å². The summed E-state index contributed by atoms with van der Waals surface area (Å²) < 4.78 is 0. The topological polar surface area (TPSA) is 49.3 Å². The third-order valence-corrected chi connectivity index (χ3v) is 5.10. The Morgan fingerprint density at radius 3 is 2.67 bits per heavy atom. The lowest BCUT2D eigenvalue weighted by molar-refractivity contribution is 0.104. The first kappa shape index (κ1) is 16.3. The Balaban J connectivity index is 1.79. The minimum atomic E-state index is 0.490. The second-order valence-electron chi connectivity index (χ2n) is 6.60. The normalized spacial score (nSPS) is 17.7. The molecule has 2 N–H and O–H groups in total. The van der Waals surface area contributed by atoms with E-state index < -0.39 is 0 Å². The van der Waals surface area contributed by atoms with E-state index in [0.29, 0.717) is 5.41 Å². The van der Waals surface area contributed by atoms with E-state index in [1.165, 1.54) is 30.6 Å². The molecule has 0 radical (unpaired) electrons. The molecular weight excluding hydrogens is 280 g/mol. The van der Waals surface area contributed by atoms with Gasteiger partial charge < -0.3 is 10.6 Å². The van der Waals surface area contributed by atoms with E-state index in [9.17, 15) is 0 Å². The Morgan fingerprint density at radius 1 is 1.43 bits per heavy atom. The molecule has 4 nitrogen and oxygen atoms in total. The van der Waals surface area contributed by atoms with Crippen LogP contribution in [-0.2, 0) is 6.54 Å². The number of guanidine groups is 1. The highest BCUT2D eigenvalue weighted by Crippen LogP contribution is 2.45. The number of aryl methyl sites for hydroxylation is 1. The zero-order valence-corrected chi connectivity index (χ0v) is 14.5. The maximum Gasteiger partial charge on any atom is 0.191 e. The van der Waals surface area contributed by atoms with Crippen molar-refractivity contribution in [2.24, 2.45) is 16.3 Å². The van der Waals surface area contributed by atoms with Crippen LogP contribution < -0.4 is 10.6 Å². The van der Waals surface area contributed by atoms with Crippen LogP contribution in [0.3, 0.4) is 0 Å². The summed E-state index contributed by atoms with van der Waals surface area (Å²) in [7, 11) is 1.83. The van der Waals surface area contributed by atoms with Crippen LogP contribution in [0.5, 0.6) is 0 Å². The predicted octanol–water partition coefficient (Wildman–Crippen LogP) is 3.33. The van der Waals surface area contributed by atoms with E-state index in [2.05, 4.69) is 41.4 Å². The summed E-state index contributed by atoms with van der Waals surface area (Å²) >= 11 is 1.73. The number of nitrogens with one attached hydrogen (secondary N) is 2. The summed E-state index contributed by atoms with van der Waals surface area (Å²) in [6.45, 7) is 8.49. The summed E-state index contributed by atoms with van der Waals surface area (Å²) in [5.41, 5.74) is 0.490. The summed E-state index contributed by atoms with van der Waals surface area (Å²) in [5, 5.41) is 7.98. The molecule has 1 aromatic rings. The lowest BCUT2D eigenvalue weighted by Gasteiger charge is -2.43. The number of aliphatic imine (C=N–C) groups is 1. The Morgan fingerprint density at radius 2 is 2.19 bits per heavy atom. The summed E-state index contributed by atoms with van der Waals surface area (Å²) in [6, 6.07) is 0. The minimum absolute atomic E-state index is 0.490. The van der Waals surface area contributed by atoms with Crippen molar-refractivity contribution in [3.8, 4) is 0 Å². The van der Waals surface area contributed by atoms with Crippen LogP contribution in [0.25, 0.3) is 0 Å². The zero-order valence-electron chi connectivity index (χ0n) is 13.7. The standard InChI is InChI=1S/C16H28N4S/c1-12(2)8-16(6-5-7-16)11-20-15(17-4)19-10-14-18-9-13(3)21-14/h9,12H,5-8,10-11H2,1-4H3,(H2,17,19,20). The van der Waals surface area contributed by atoms with Crippen molar-refractivity contribution < 1.29 is 0 Å².